The molecule has 3 N–H and O–H groups in total. The molecule has 0 spiro atoms. The minimum Gasteiger partial charge on any atom is -0.453 e. The molecule has 36 heavy (non-hydrogen) atoms. The van der Waals surface area contributed by atoms with Crippen LogP contribution in [-0.4, -0.2) is 55.5 Å². The van der Waals surface area contributed by atoms with Gasteiger partial charge in [0.05, 0.1) is 18.5 Å². The second kappa shape index (κ2) is 12.4. The molecule has 0 saturated carbocycles. The van der Waals surface area contributed by atoms with Gasteiger partial charge < -0.3 is 20.1 Å². The molecule has 3 rings (SSSR count). The molecule has 2 heterocycles. The number of halogens is 1. The first-order chi connectivity index (χ1) is 17.2. The average molecular weight is 518 g/mol. The number of anilines is 2. The first kappa shape index (κ1) is 27.1. The van der Waals surface area contributed by atoms with Crippen molar-refractivity contribution in [2.75, 3.05) is 29.4 Å². The van der Waals surface area contributed by atoms with Gasteiger partial charge in [-0.15, -0.1) is 0 Å². The summed E-state index contributed by atoms with van der Waals surface area (Å²) in [6, 6.07) is 6.42. The Morgan fingerprint density at radius 3 is 2.69 bits per heavy atom. The van der Waals surface area contributed by atoms with Crippen LogP contribution < -0.4 is 15.4 Å². The fourth-order valence-electron chi connectivity index (χ4n) is 3.34. The van der Waals surface area contributed by atoms with Crippen LogP contribution >= 0.6 is 0 Å². The lowest BCUT2D eigenvalue weighted by atomic mass is 10.0. The number of hydrogen-bond acceptors (Lipinski definition) is 7. The maximum absolute atomic E-state index is 15.6. The molecule has 0 aliphatic carbocycles. The zero-order valence-corrected chi connectivity index (χ0v) is 21.9. The number of aromatic nitrogens is 4. The quantitative estimate of drug-likeness (QED) is 0.345. The Labute approximate surface area is 212 Å². The Morgan fingerprint density at radius 1 is 1.22 bits per heavy atom. The van der Waals surface area contributed by atoms with Crippen molar-refractivity contribution in [1.29, 1.82) is 0 Å². The molecule has 3 aromatic rings. The highest BCUT2D eigenvalue weighted by molar-refractivity contribution is 7.86. The molecule has 0 bridgehead atoms. The number of nitrogens with one attached hydrogen (secondary N) is 3. The molecule has 0 radical (unpaired) electrons. The summed E-state index contributed by atoms with van der Waals surface area (Å²) < 4.78 is 36.8. The van der Waals surface area contributed by atoms with Gasteiger partial charge in [0.25, 0.3) is 0 Å². The van der Waals surface area contributed by atoms with E-state index in [0.717, 1.165) is 0 Å². The summed E-state index contributed by atoms with van der Waals surface area (Å²) in [7, 11) is -0.0803. The van der Waals surface area contributed by atoms with Crippen molar-refractivity contribution in [1.82, 2.24) is 25.1 Å². The summed E-state index contributed by atoms with van der Waals surface area (Å²) in [4.78, 5) is 20.2. The molecule has 1 unspecified atom stereocenters. The van der Waals surface area contributed by atoms with E-state index in [9.17, 15) is 9.00 Å². The van der Waals surface area contributed by atoms with Crippen LogP contribution in [0.3, 0.4) is 0 Å². The Morgan fingerprint density at radius 2 is 2.00 bits per heavy atom. The topological polar surface area (TPSA) is 123 Å². The van der Waals surface area contributed by atoms with Crippen molar-refractivity contribution in [3.05, 3.63) is 42.5 Å². The summed E-state index contributed by atoms with van der Waals surface area (Å²) in [5.41, 5.74) is 2.01. The molecule has 0 aliphatic heterocycles. The Balaban J connectivity index is 1.95. The molecule has 10 nitrogen and oxygen atoms in total. The third-order valence-electron chi connectivity index (χ3n) is 5.18. The van der Waals surface area contributed by atoms with Gasteiger partial charge in [-0.3, -0.25) is 4.68 Å². The van der Waals surface area contributed by atoms with Crippen LogP contribution in [0.1, 0.15) is 40.2 Å². The predicted octanol–water partition coefficient (Wildman–Crippen LogP) is 4.37. The molecular weight excluding hydrogens is 485 g/mol. The monoisotopic (exact) mass is 517 g/mol. The second-order valence-corrected chi connectivity index (χ2v) is 9.77. The first-order valence-corrected chi connectivity index (χ1v) is 13.0. The molecule has 0 saturated heterocycles. The molecule has 0 fully saturated rings. The summed E-state index contributed by atoms with van der Waals surface area (Å²) in [5.74, 6) is 0.230. The molecule has 1 amide bonds. The van der Waals surface area contributed by atoms with Crippen molar-refractivity contribution >= 4 is 28.7 Å². The van der Waals surface area contributed by atoms with Crippen LogP contribution in [0.5, 0.6) is 0 Å². The molecular formula is C24H32FN7O3S. The second-order valence-electron chi connectivity index (χ2n) is 8.47. The van der Waals surface area contributed by atoms with Gasteiger partial charge in [0, 0.05) is 47.9 Å². The number of nitrogens with zero attached hydrogens (tertiary/aromatic N) is 4. The first-order valence-electron chi connectivity index (χ1n) is 11.7. The van der Waals surface area contributed by atoms with Crippen LogP contribution in [0.15, 0.2) is 36.7 Å². The van der Waals surface area contributed by atoms with Gasteiger partial charge in [0.15, 0.2) is 5.82 Å². The number of carbonyl (C=O) groups is 1. The normalized spacial score (nSPS) is 12.8. The molecule has 2 aromatic heterocycles. The summed E-state index contributed by atoms with van der Waals surface area (Å²) in [5, 5.41) is 10.4. The van der Waals surface area contributed by atoms with E-state index < -0.39 is 22.9 Å². The van der Waals surface area contributed by atoms with Crippen LogP contribution in [-0.2, 0) is 15.7 Å². The highest BCUT2D eigenvalue weighted by Crippen LogP contribution is 2.35. The van der Waals surface area contributed by atoms with Gasteiger partial charge in [0.1, 0.15) is 16.7 Å². The molecule has 2 atom stereocenters. The number of alkyl carbamates (subject to hydrolysis) is 1. The van der Waals surface area contributed by atoms with Crippen LogP contribution in [0.4, 0.5) is 20.8 Å². The maximum Gasteiger partial charge on any atom is 0.407 e. The smallest absolute Gasteiger partial charge is 0.407 e. The fourth-order valence-corrected chi connectivity index (χ4v) is 4.22. The van der Waals surface area contributed by atoms with E-state index in [1.165, 1.54) is 7.11 Å². The van der Waals surface area contributed by atoms with Gasteiger partial charge in [-0.1, -0.05) is 13.0 Å². The summed E-state index contributed by atoms with van der Waals surface area (Å²) in [6.45, 7) is 8.05. The molecule has 194 valence electrons. The average Bonchev–Trinajstić information content (AvgIpc) is 3.30. The van der Waals surface area contributed by atoms with E-state index in [1.54, 1.807) is 35.1 Å². The van der Waals surface area contributed by atoms with Crippen molar-refractivity contribution in [3.63, 3.8) is 0 Å². The predicted molar refractivity (Wildman–Crippen MR) is 139 cm³/mol. The minimum absolute atomic E-state index is 0.0311. The Kier molecular flexibility index (Phi) is 9.34. The lowest BCUT2D eigenvalue weighted by Crippen LogP contribution is -2.37. The van der Waals surface area contributed by atoms with Gasteiger partial charge in [-0.2, -0.15) is 5.10 Å². The van der Waals surface area contributed by atoms with Crippen molar-refractivity contribution in [2.24, 2.45) is 0 Å². The SMILES string of the molecule is CCCS(=O)Nc1cccc(-c2nn(C(C)C)cc2-c2ccnc(NC[C@H](C)NC(=O)OC)n2)c1F. The van der Waals surface area contributed by atoms with Crippen LogP contribution in [0.2, 0.25) is 0 Å². The summed E-state index contributed by atoms with van der Waals surface area (Å²) in [6.07, 6.45) is 3.61. The van der Waals surface area contributed by atoms with Gasteiger partial charge in [-0.25, -0.2) is 23.4 Å². The van der Waals surface area contributed by atoms with E-state index >= 15 is 4.39 Å². The lowest BCUT2D eigenvalue weighted by molar-refractivity contribution is 0.168. The number of carbonyl (C=O) groups excluding carboxylic acids is 1. The maximum atomic E-state index is 15.6. The summed E-state index contributed by atoms with van der Waals surface area (Å²) >= 11 is 0. The molecule has 0 aliphatic rings. The van der Waals surface area contributed by atoms with E-state index in [1.807, 2.05) is 33.9 Å². The van der Waals surface area contributed by atoms with Crippen molar-refractivity contribution in [2.45, 2.75) is 46.2 Å². The van der Waals surface area contributed by atoms with E-state index in [2.05, 4.69) is 35.2 Å². The number of ether oxygens (including phenoxy) is 1. The fraction of sp³-hybridized carbons (Fsp3) is 0.417. The third kappa shape index (κ3) is 6.78. The van der Waals surface area contributed by atoms with E-state index in [-0.39, 0.29) is 23.3 Å². The van der Waals surface area contributed by atoms with E-state index in [4.69, 9.17) is 0 Å². The number of amides is 1. The highest BCUT2D eigenvalue weighted by atomic mass is 32.2. The van der Waals surface area contributed by atoms with E-state index in [0.29, 0.717) is 41.6 Å². The minimum atomic E-state index is -1.38. The third-order valence-corrected chi connectivity index (χ3v) is 6.40. The van der Waals surface area contributed by atoms with Crippen molar-refractivity contribution < 1.29 is 18.1 Å². The highest BCUT2D eigenvalue weighted by Gasteiger charge is 2.21. The number of rotatable bonds is 11. The van der Waals surface area contributed by atoms with Crippen LogP contribution in [0.25, 0.3) is 22.5 Å². The van der Waals surface area contributed by atoms with Gasteiger partial charge >= 0.3 is 6.09 Å². The molecule has 12 heteroatoms. The lowest BCUT2D eigenvalue weighted by Gasteiger charge is -2.14. The molecule has 1 aromatic carbocycles. The van der Waals surface area contributed by atoms with Gasteiger partial charge in [0.2, 0.25) is 5.95 Å². The standard InChI is InChI=1S/C24H32FN7O3S/c1-6-12-36(34)31-20-9-7-8-17(21(20)25)22-18(14-32(30-22)15(2)3)19-10-11-26-23(29-19)27-13-16(4)28-24(33)35-5/h7-11,14-16,31H,6,12-13H2,1-5H3,(H,28,33)(H,26,27,29)/t16-,36?/m0/s1. The van der Waals surface area contributed by atoms with Gasteiger partial charge in [-0.05, 0) is 45.4 Å². The van der Waals surface area contributed by atoms with Crippen molar-refractivity contribution in [3.8, 4) is 22.5 Å². The Bertz CT molecular complexity index is 1220. The number of hydrogen-bond donors (Lipinski definition) is 3. The zero-order valence-electron chi connectivity index (χ0n) is 21.0. The number of benzene rings is 1. The zero-order chi connectivity index (χ0) is 26.2. The Hall–Kier alpha value is -3.54. The largest absolute Gasteiger partial charge is 0.453 e. The number of methoxy groups -OCH3 is 1. The van der Waals surface area contributed by atoms with Crippen LogP contribution in [0, 0.1) is 5.82 Å².